The van der Waals surface area contributed by atoms with E-state index in [0.717, 1.165) is 5.56 Å². The molecule has 0 amide bonds. The Kier molecular flexibility index (Phi) is 6.06. The minimum absolute atomic E-state index is 0.195. The van der Waals surface area contributed by atoms with Crippen molar-refractivity contribution in [2.45, 2.75) is 6.42 Å². The van der Waals surface area contributed by atoms with Gasteiger partial charge in [-0.3, -0.25) is 0 Å². The number of methoxy groups -OCH3 is 1. The van der Waals surface area contributed by atoms with Crippen molar-refractivity contribution in [1.29, 1.82) is 0 Å². The molecule has 0 saturated carbocycles. The standard InChI is InChI=1S/C11H18N2O4S/c1-17-9-8-13-18(15,16)12-7-6-10-2-4-11(14)5-3-10/h2-5,12-14H,6-9H2,1H3. The zero-order chi connectivity index (χ0) is 13.4. The molecule has 0 aromatic heterocycles. The molecular formula is C11H18N2O4S. The molecular weight excluding hydrogens is 256 g/mol. The maximum atomic E-state index is 11.4. The summed E-state index contributed by atoms with van der Waals surface area (Å²) in [7, 11) is -1.96. The third-order valence-electron chi connectivity index (χ3n) is 2.24. The van der Waals surface area contributed by atoms with Gasteiger partial charge in [-0.2, -0.15) is 13.1 Å². The number of hydrogen-bond acceptors (Lipinski definition) is 4. The van der Waals surface area contributed by atoms with E-state index in [9.17, 15) is 8.42 Å². The second-order valence-electron chi connectivity index (χ2n) is 3.70. The zero-order valence-electron chi connectivity index (χ0n) is 10.2. The van der Waals surface area contributed by atoms with E-state index < -0.39 is 10.2 Å². The van der Waals surface area contributed by atoms with Crippen molar-refractivity contribution in [1.82, 2.24) is 9.44 Å². The van der Waals surface area contributed by atoms with E-state index in [1.165, 1.54) is 7.11 Å². The third-order valence-corrected chi connectivity index (χ3v) is 3.41. The summed E-state index contributed by atoms with van der Waals surface area (Å²) in [5.74, 6) is 0.195. The fourth-order valence-corrected chi connectivity index (χ4v) is 2.15. The lowest BCUT2D eigenvalue weighted by atomic mass is 10.1. The van der Waals surface area contributed by atoms with Crippen LogP contribution in [0.4, 0.5) is 0 Å². The second kappa shape index (κ2) is 7.32. The average molecular weight is 274 g/mol. The molecule has 0 fully saturated rings. The smallest absolute Gasteiger partial charge is 0.276 e. The number of ether oxygens (including phenoxy) is 1. The molecule has 3 N–H and O–H groups in total. The number of rotatable bonds is 8. The van der Waals surface area contributed by atoms with Crippen molar-refractivity contribution in [2.75, 3.05) is 26.8 Å². The molecule has 0 atom stereocenters. The Labute approximate surface area is 107 Å². The topological polar surface area (TPSA) is 87.7 Å². The Morgan fingerprint density at radius 3 is 2.39 bits per heavy atom. The fourth-order valence-electron chi connectivity index (χ4n) is 1.32. The highest BCUT2D eigenvalue weighted by Crippen LogP contribution is 2.09. The molecule has 0 spiro atoms. The largest absolute Gasteiger partial charge is 0.508 e. The first-order valence-corrected chi connectivity index (χ1v) is 7.03. The van der Waals surface area contributed by atoms with Crippen molar-refractivity contribution < 1.29 is 18.3 Å². The second-order valence-corrected chi connectivity index (χ2v) is 5.29. The van der Waals surface area contributed by atoms with Gasteiger partial charge in [0.25, 0.3) is 10.2 Å². The average Bonchev–Trinajstić information content (AvgIpc) is 2.32. The van der Waals surface area contributed by atoms with Crippen LogP contribution >= 0.6 is 0 Å². The van der Waals surface area contributed by atoms with Gasteiger partial charge >= 0.3 is 0 Å². The number of phenols is 1. The summed E-state index contributed by atoms with van der Waals surface area (Å²) in [5.41, 5.74) is 0.951. The van der Waals surface area contributed by atoms with Gasteiger partial charge in [0, 0.05) is 20.2 Å². The van der Waals surface area contributed by atoms with Crippen molar-refractivity contribution in [3.05, 3.63) is 29.8 Å². The van der Waals surface area contributed by atoms with Crippen LogP contribution in [0.25, 0.3) is 0 Å². The first-order chi connectivity index (χ1) is 8.53. The first kappa shape index (κ1) is 14.9. The van der Waals surface area contributed by atoms with E-state index in [1.807, 2.05) is 0 Å². The van der Waals surface area contributed by atoms with Crippen molar-refractivity contribution >= 4 is 10.2 Å². The number of hydrogen-bond donors (Lipinski definition) is 3. The lowest BCUT2D eigenvalue weighted by Gasteiger charge is -2.07. The maximum Gasteiger partial charge on any atom is 0.276 e. The van der Waals surface area contributed by atoms with Crippen LogP contribution in [0.5, 0.6) is 5.75 Å². The highest BCUT2D eigenvalue weighted by atomic mass is 32.2. The Morgan fingerprint density at radius 2 is 1.78 bits per heavy atom. The minimum Gasteiger partial charge on any atom is -0.508 e. The van der Waals surface area contributed by atoms with Gasteiger partial charge in [0.1, 0.15) is 5.75 Å². The monoisotopic (exact) mass is 274 g/mol. The van der Waals surface area contributed by atoms with E-state index in [0.29, 0.717) is 19.6 Å². The van der Waals surface area contributed by atoms with Crippen LogP contribution in [-0.4, -0.2) is 40.3 Å². The molecule has 1 rings (SSSR count). The molecule has 0 aliphatic rings. The van der Waals surface area contributed by atoms with E-state index in [2.05, 4.69) is 9.44 Å². The summed E-state index contributed by atoms with van der Waals surface area (Å²) in [6.45, 7) is 0.872. The van der Waals surface area contributed by atoms with Gasteiger partial charge in [-0.05, 0) is 24.1 Å². The number of benzene rings is 1. The van der Waals surface area contributed by atoms with E-state index in [1.54, 1.807) is 24.3 Å². The molecule has 7 heteroatoms. The van der Waals surface area contributed by atoms with Crippen LogP contribution in [-0.2, 0) is 21.4 Å². The zero-order valence-corrected chi connectivity index (χ0v) is 11.0. The number of phenolic OH excluding ortho intramolecular Hbond substituents is 1. The van der Waals surface area contributed by atoms with Crippen LogP contribution in [0.3, 0.4) is 0 Å². The van der Waals surface area contributed by atoms with Gasteiger partial charge in [-0.25, -0.2) is 4.72 Å². The molecule has 0 bridgehead atoms. The first-order valence-electron chi connectivity index (χ1n) is 5.54. The summed E-state index contributed by atoms with van der Waals surface area (Å²) in [4.78, 5) is 0. The fraction of sp³-hybridized carbons (Fsp3) is 0.455. The minimum atomic E-state index is -3.46. The maximum absolute atomic E-state index is 11.4. The van der Waals surface area contributed by atoms with Crippen molar-refractivity contribution in [2.24, 2.45) is 0 Å². The van der Waals surface area contributed by atoms with E-state index in [-0.39, 0.29) is 12.3 Å². The van der Waals surface area contributed by atoms with Crippen molar-refractivity contribution in [3.63, 3.8) is 0 Å². The molecule has 6 nitrogen and oxygen atoms in total. The number of aromatic hydroxyl groups is 1. The molecule has 1 aromatic carbocycles. The van der Waals surface area contributed by atoms with Crippen LogP contribution < -0.4 is 9.44 Å². The molecule has 1 aromatic rings. The summed E-state index contributed by atoms with van der Waals surface area (Å²) in [6, 6.07) is 6.64. The van der Waals surface area contributed by atoms with E-state index >= 15 is 0 Å². The molecule has 0 saturated heterocycles. The number of nitrogens with one attached hydrogen (secondary N) is 2. The normalized spacial score (nSPS) is 11.6. The molecule has 102 valence electrons. The lowest BCUT2D eigenvalue weighted by molar-refractivity contribution is 0.204. The summed E-state index contributed by atoms with van der Waals surface area (Å²) >= 11 is 0. The van der Waals surface area contributed by atoms with E-state index in [4.69, 9.17) is 9.84 Å². The Morgan fingerprint density at radius 1 is 1.17 bits per heavy atom. The van der Waals surface area contributed by atoms with Gasteiger partial charge in [-0.15, -0.1) is 0 Å². The third kappa shape index (κ3) is 5.97. The Balaban J connectivity index is 2.30. The molecule has 0 radical (unpaired) electrons. The molecule has 0 heterocycles. The lowest BCUT2D eigenvalue weighted by Crippen LogP contribution is -2.39. The molecule has 0 unspecified atom stereocenters. The van der Waals surface area contributed by atoms with Crippen LogP contribution in [0.1, 0.15) is 5.56 Å². The van der Waals surface area contributed by atoms with Gasteiger partial charge in [0.05, 0.1) is 6.61 Å². The highest BCUT2D eigenvalue weighted by molar-refractivity contribution is 7.87. The molecule has 0 aliphatic carbocycles. The van der Waals surface area contributed by atoms with Gasteiger partial charge in [-0.1, -0.05) is 12.1 Å². The highest BCUT2D eigenvalue weighted by Gasteiger charge is 2.07. The Hall–Kier alpha value is -1.15. The summed E-state index contributed by atoms with van der Waals surface area (Å²) in [6.07, 6.45) is 0.561. The summed E-state index contributed by atoms with van der Waals surface area (Å²) < 4.78 is 32.4. The quantitative estimate of drug-likeness (QED) is 0.583. The van der Waals surface area contributed by atoms with Gasteiger partial charge < -0.3 is 9.84 Å². The Bertz CT molecular complexity index is 445. The molecule has 18 heavy (non-hydrogen) atoms. The predicted octanol–water partition coefficient (Wildman–Crippen LogP) is 0.00510. The van der Waals surface area contributed by atoms with Crippen LogP contribution in [0.15, 0.2) is 24.3 Å². The summed E-state index contributed by atoms with van der Waals surface area (Å²) in [5, 5.41) is 9.10. The predicted molar refractivity (Wildman–Crippen MR) is 68.6 cm³/mol. The SMILES string of the molecule is COCCNS(=O)(=O)NCCc1ccc(O)cc1. The van der Waals surface area contributed by atoms with Crippen LogP contribution in [0, 0.1) is 0 Å². The van der Waals surface area contributed by atoms with Gasteiger partial charge in [0.2, 0.25) is 0 Å². The van der Waals surface area contributed by atoms with Gasteiger partial charge in [0.15, 0.2) is 0 Å². The van der Waals surface area contributed by atoms with Crippen molar-refractivity contribution in [3.8, 4) is 5.75 Å². The van der Waals surface area contributed by atoms with Crippen LogP contribution in [0.2, 0.25) is 0 Å². The molecule has 0 aliphatic heterocycles.